The van der Waals surface area contributed by atoms with Crippen molar-refractivity contribution in [2.75, 3.05) is 9.80 Å². The Kier molecular flexibility index (Phi) is 15.6. The minimum absolute atomic E-state index is 0.141. The first-order chi connectivity index (χ1) is 54.1. The van der Waals surface area contributed by atoms with Gasteiger partial charge in [-0.2, -0.15) is 0 Å². The largest absolute Gasteiger partial charge is 0.456 e. The van der Waals surface area contributed by atoms with E-state index in [9.17, 15) is 0 Å². The number of fused-ring (bicyclic) bond motifs is 13. The van der Waals surface area contributed by atoms with Crippen LogP contribution in [0.1, 0.15) is 105 Å². The monoisotopic (exact) mass is 1450 g/mol. The highest BCUT2D eigenvalue weighted by molar-refractivity contribution is 7.00. The van der Waals surface area contributed by atoms with Crippen LogP contribution in [-0.2, 0) is 21.7 Å². The van der Waals surface area contributed by atoms with Crippen LogP contribution in [-0.4, -0.2) is 11.3 Å². The first-order valence-corrected chi connectivity index (χ1v) is 39.6. The van der Waals surface area contributed by atoms with Gasteiger partial charge >= 0.3 is 0 Å². The van der Waals surface area contributed by atoms with E-state index < -0.39 is 0 Å². The molecule has 0 saturated carbocycles. The summed E-state index contributed by atoms with van der Waals surface area (Å²) in [5, 5.41) is 6.77. The number of aromatic nitrogens is 1. The van der Waals surface area contributed by atoms with Gasteiger partial charge < -0.3 is 23.2 Å². The lowest BCUT2D eigenvalue weighted by Gasteiger charge is -2.46. The molecule has 0 saturated heterocycles. The van der Waals surface area contributed by atoms with Crippen molar-refractivity contribution in [3.8, 4) is 72.4 Å². The fourth-order valence-corrected chi connectivity index (χ4v) is 18.3. The molecule has 5 heterocycles. The molecule has 20 rings (SSSR count). The maximum absolute atomic E-state index is 6.79. The molecule has 2 aliphatic heterocycles. The topological polar surface area (TPSA) is 37.7 Å². The number of hydrogen-bond acceptors (Lipinski definition) is 4. The van der Waals surface area contributed by atoms with E-state index in [0.717, 1.165) is 161 Å². The zero-order valence-electron chi connectivity index (χ0n) is 65.8. The number of anilines is 6. The van der Waals surface area contributed by atoms with Gasteiger partial charge in [-0.25, -0.2) is 0 Å². The molecule has 3 aromatic heterocycles. The SMILES string of the molecule is CC(C)(C)c1cccc(-c2cccc(-c3cccc(C(C)(C)C)c3)c2N2c3ccc(-c4cccc5oc6ccccc6c45)cc3B3c4cc(-c5cccc6oc7ccccc7c56)ccc4N(c4c(-c5cccc(C(C)(C)C)c5)cccc4-c4cccc(C(C)(C)C)c4)c4cc(-n5c6ccccc6c6ccccc65)cc2c43)c1. The Bertz CT molecular complexity index is 6350. The molecule has 0 atom stereocenters. The highest BCUT2D eigenvalue weighted by Crippen LogP contribution is 2.56. The van der Waals surface area contributed by atoms with E-state index in [2.05, 4.69) is 413 Å². The Hall–Kier alpha value is -12.6. The van der Waals surface area contributed by atoms with E-state index in [1.54, 1.807) is 0 Å². The second-order valence-electron chi connectivity index (χ2n) is 35.2. The molecule has 0 amide bonds. The van der Waals surface area contributed by atoms with Gasteiger partial charge in [-0.15, -0.1) is 0 Å². The summed E-state index contributed by atoms with van der Waals surface area (Å²) in [5.74, 6) is 0. The summed E-state index contributed by atoms with van der Waals surface area (Å²) in [4.78, 5) is 5.44. The molecular weight excluding hydrogens is 1360 g/mol. The molecule has 0 N–H and O–H groups in total. The number of nitrogens with zero attached hydrogens (tertiary/aromatic N) is 3. The summed E-state index contributed by atoms with van der Waals surface area (Å²) in [5.41, 5.74) is 34.9. The van der Waals surface area contributed by atoms with Gasteiger partial charge in [0.25, 0.3) is 6.71 Å². The lowest BCUT2D eigenvalue weighted by molar-refractivity contribution is 0.590. The molecule has 0 bridgehead atoms. The van der Waals surface area contributed by atoms with Crippen LogP contribution in [0.3, 0.4) is 0 Å². The number of rotatable bonds is 9. The van der Waals surface area contributed by atoms with Gasteiger partial charge in [0.1, 0.15) is 22.3 Å². The molecule has 15 aromatic carbocycles. The van der Waals surface area contributed by atoms with Gasteiger partial charge in [0.2, 0.25) is 0 Å². The van der Waals surface area contributed by atoms with Gasteiger partial charge in [0.15, 0.2) is 0 Å². The average molecular weight is 1450 g/mol. The first-order valence-electron chi connectivity index (χ1n) is 39.6. The molecule has 0 spiro atoms. The third-order valence-corrected chi connectivity index (χ3v) is 24.0. The van der Waals surface area contributed by atoms with Crippen LogP contribution in [0.4, 0.5) is 34.1 Å². The fourth-order valence-electron chi connectivity index (χ4n) is 18.3. The van der Waals surface area contributed by atoms with E-state index in [1.165, 1.54) is 49.4 Å². The van der Waals surface area contributed by atoms with Crippen LogP contribution in [0.25, 0.3) is 138 Å². The van der Waals surface area contributed by atoms with Gasteiger partial charge in [-0.05, 0) is 165 Å². The van der Waals surface area contributed by atoms with Gasteiger partial charge in [-0.1, -0.05) is 338 Å². The predicted octanol–water partition coefficient (Wildman–Crippen LogP) is 27.9. The average Bonchev–Trinajstić information content (AvgIpc) is 0.834. The van der Waals surface area contributed by atoms with Crippen LogP contribution >= 0.6 is 0 Å². The van der Waals surface area contributed by atoms with Crippen molar-refractivity contribution in [1.29, 1.82) is 0 Å². The van der Waals surface area contributed by atoms with E-state index in [-0.39, 0.29) is 28.4 Å². The smallest absolute Gasteiger partial charge is 0.252 e. The molecule has 2 aliphatic rings. The van der Waals surface area contributed by atoms with Crippen molar-refractivity contribution in [3.05, 3.63) is 338 Å². The van der Waals surface area contributed by atoms with Gasteiger partial charge in [0.05, 0.1) is 28.1 Å². The molecule has 0 aliphatic carbocycles. The minimum Gasteiger partial charge on any atom is -0.456 e. The Balaban J connectivity index is 0.999. The Morgan fingerprint density at radius 2 is 0.554 bits per heavy atom. The molecule has 0 unspecified atom stereocenters. The zero-order valence-corrected chi connectivity index (χ0v) is 65.8. The Morgan fingerprint density at radius 3 is 0.920 bits per heavy atom. The van der Waals surface area contributed by atoms with Crippen molar-refractivity contribution < 1.29 is 8.83 Å². The van der Waals surface area contributed by atoms with E-state index in [4.69, 9.17) is 8.83 Å². The van der Waals surface area contributed by atoms with Crippen LogP contribution in [0.2, 0.25) is 0 Å². The summed E-state index contributed by atoms with van der Waals surface area (Å²) in [7, 11) is 0. The van der Waals surface area contributed by atoms with Crippen molar-refractivity contribution in [2.45, 2.75) is 105 Å². The van der Waals surface area contributed by atoms with Crippen molar-refractivity contribution in [1.82, 2.24) is 4.57 Å². The number of benzene rings is 15. The van der Waals surface area contributed by atoms with Crippen LogP contribution in [0, 0.1) is 0 Å². The summed E-state index contributed by atoms with van der Waals surface area (Å²) in [6.45, 7) is 27.6. The third-order valence-electron chi connectivity index (χ3n) is 24.0. The molecule has 0 fully saturated rings. The van der Waals surface area contributed by atoms with E-state index in [0.29, 0.717) is 0 Å². The standard InChI is InChI=1S/C106H88BN3O2/c1-103(2,3)71-33-21-29-65(57-71)78-43-25-44-79(66-30-22-34-72(58-66)104(4,5)6)101(78)109-90-55-53-69(76-41-27-51-96-98(76)84-39-15-19-49-94(84)111-96)61-86(90)107-87-62-70(77-42-28-52-97-99(77)85-40-16-20-50-95(85)112-97)54-56-91(87)110(93-64-75(63-92(109)100(93)107)108-88-47-17-13-37-82(88)83-38-14-18-48-89(83)108)102-80(67-31-23-35-73(59-67)105(7,8)9)45-26-46-81(102)68-32-24-36-74(60-68)106(10,11)12/h13-64H,1-12H3. The lowest BCUT2D eigenvalue weighted by atomic mass is 9.33. The summed E-state index contributed by atoms with van der Waals surface area (Å²) in [6, 6.07) is 120. The summed E-state index contributed by atoms with van der Waals surface area (Å²) in [6.07, 6.45) is 0. The Labute approximate surface area is 656 Å². The maximum atomic E-state index is 6.79. The van der Waals surface area contributed by atoms with Crippen molar-refractivity contribution in [2.24, 2.45) is 0 Å². The van der Waals surface area contributed by atoms with Gasteiger partial charge in [-0.3, -0.25) is 0 Å². The highest BCUT2D eigenvalue weighted by Gasteiger charge is 2.46. The molecule has 542 valence electrons. The molecule has 6 heteroatoms. The second kappa shape index (κ2) is 25.5. The number of para-hydroxylation sites is 6. The van der Waals surface area contributed by atoms with Crippen molar-refractivity contribution in [3.63, 3.8) is 0 Å². The zero-order chi connectivity index (χ0) is 76.4. The number of furan rings is 2. The van der Waals surface area contributed by atoms with E-state index >= 15 is 0 Å². The van der Waals surface area contributed by atoms with Crippen LogP contribution in [0.15, 0.2) is 324 Å². The van der Waals surface area contributed by atoms with Crippen LogP contribution < -0.4 is 26.2 Å². The summed E-state index contributed by atoms with van der Waals surface area (Å²) >= 11 is 0. The normalized spacial score (nSPS) is 13.1. The summed E-state index contributed by atoms with van der Waals surface area (Å²) < 4.78 is 16.1. The van der Waals surface area contributed by atoms with Crippen LogP contribution in [0.5, 0.6) is 0 Å². The molecule has 18 aromatic rings. The molecule has 0 radical (unpaired) electrons. The number of hydrogen-bond donors (Lipinski definition) is 0. The Morgan fingerprint density at radius 1 is 0.250 bits per heavy atom. The maximum Gasteiger partial charge on any atom is 0.252 e. The fraction of sp³-hybridized carbons (Fsp3) is 0.151. The first kappa shape index (κ1) is 68.6. The quantitative estimate of drug-likeness (QED) is 0.135. The molecule has 5 nitrogen and oxygen atoms in total. The lowest BCUT2D eigenvalue weighted by Crippen LogP contribution is -2.61. The predicted molar refractivity (Wildman–Crippen MR) is 477 cm³/mol. The van der Waals surface area contributed by atoms with Crippen molar-refractivity contribution >= 4 is 123 Å². The molecule has 112 heavy (non-hydrogen) atoms. The third kappa shape index (κ3) is 11.1. The molecular formula is C106H88BN3O2. The highest BCUT2D eigenvalue weighted by atomic mass is 16.3. The van der Waals surface area contributed by atoms with E-state index in [1.807, 2.05) is 0 Å². The minimum atomic E-state index is -0.372. The second-order valence-corrected chi connectivity index (χ2v) is 35.2. The van der Waals surface area contributed by atoms with Gasteiger partial charge in [0, 0.05) is 77.3 Å².